The van der Waals surface area contributed by atoms with E-state index in [9.17, 15) is 9.59 Å². The van der Waals surface area contributed by atoms with Crippen LogP contribution in [0.4, 0.5) is 17.5 Å². The smallest absolute Gasteiger partial charge is 0.325 e. The van der Waals surface area contributed by atoms with Crippen LogP contribution in [0.15, 0.2) is 54.7 Å². The number of esters is 1. The number of ether oxygens (including phenoxy) is 2. The van der Waals surface area contributed by atoms with Crippen LogP contribution in [-0.2, 0) is 22.4 Å². The van der Waals surface area contributed by atoms with E-state index in [-0.39, 0.29) is 12.1 Å². The van der Waals surface area contributed by atoms with Gasteiger partial charge in [-0.25, -0.2) is 4.98 Å². The van der Waals surface area contributed by atoms with Crippen molar-refractivity contribution in [3.8, 4) is 5.75 Å². The van der Waals surface area contributed by atoms with Crippen molar-refractivity contribution in [2.24, 2.45) is 0 Å². The Bertz CT molecular complexity index is 1250. The summed E-state index contributed by atoms with van der Waals surface area (Å²) in [5.41, 5.74) is 3.04. The lowest BCUT2D eigenvalue weighted by Gasteiger charge is -2.20. The molecule has 0 aliphatic carbocycles. The van der Waals surface area contributed by atoms with Gasteiger partial charge in [0, 0.05) is 25.0 Å². The lowest BCUT2D eigenvalue weighted by atomic mass is 10.1. The summed E-state index contributed by atoms with van der Waals surface area (Å²) in [6.45, 7) is 6.39. The van der Waals surface area contributed by atoms with Gasteiger partial charge in [-0.3, -0.25) is 9.59 Å². The molecule has 0 unspecified atom stereocenters. The van der Waals surface area contributed by atoms with Crippen LogP contribution in [-0.4, -0.2) is 54.2 Å². The molecule has 1 aliphatic rings. The van der Waals surface area contributed by atoms with Crippen LogP contribution in [0.2, 0.25) is 0 Å². The molecule has 3 aromatic rings. The summed E-state index contributed by atoms with van der Waals surface area (Å²) in [6.07, 6.45) is 3.12. The number of hydrogen-bond acceptors (Lipinski definition) is 8. The molecule has 2 N–H and O–H groups in total. The van der Waals surface area contributed by atoms with E-state index >= 15 is 0 Å². The Kier molecular flexibility index (Phi) is 7.91. The summed E-state index contributed by atoms with van der Waals surface area (Å²) >= 11 is 0. The van der Waals surface area contributed by atoms with Crippen LogP contribution >= 0.6 is 0 Å². The van der Waals surface area contributed by atoms with Gasteiger partial charge >= 0.3 is 5.97 Å². The second-order valence-corrected chi connectivity index (χ2v) is 9.76. The normalized spacial score (nSPS) is 12.6. The minimum Gasteiger partial charge on any atom is -0.497 e. The van der Waals surface area contributed by atoms with E-state index < -0.39 is 17.5 Å². The molecule has 0 fully saturated rings. The number of carbonyl (C=O) groups excluding carboxylic acids is 2. The number of carbonyl (C=O) groups is 2. The van der Waals surface area contributed by atoms with E-state index in [2.05, 4.69) is 21.7 Å². The molecular weight excluding hydrogens is 470 g/mol. The van der Waals surface area contributed by atoms with E-state index in [1.165, 1.54) is 11.8 Å². The number of benzene rings is 2. The second-order valence-electron chi connectivity index (χ2n) is 9.76. The Morgan fingerprint density at radius 1 is 1.08 bits per heavy atom. The van der Waals surface area contributed by atoms with E-state index in [0.717, 1.165) is 36.4 Å². The van der Waals surface area contributed by atoms with Crippen molar-refractivity contribution in [3.05, 3.63) is 71.4 Å². The molecule has 2 heterocycles. The number of nitrogens with zero attached hydrogens (tertiary/aromatic N) is 3. The van der Waals surface area contributed by atoms with Gasteiger partial charge in [0.15, 0.2) is 0 Å². The van der Waals surface area contributed by atoms with Crippen molar-refractivity contribution >= 4 is 29.3 Å². The Morgan fingerprint density at radius 3 is 2.57 bits per heavy atom. The monoisotopic (exact) mass is 503 g/mol. The van der Waals surface area contributed by atoms with Crippen LogP contribution in [0.1, 0.15) is 42.3 Å². The van der Waals surface area contributed by atoms with Crippen molar-refractivity contribution in [2.75, 3.05) is 37.0 Å². The van der Waals surface area contributed by atoms with E-state index in [1.54, 1.807) is 27.9 Å². The number of amides is 1. The van der Waals surface area contributed by atoms with E-state index in [1.807, 2.05) is 47.4 Å². The third-order valence-electron chi connectivity index (χ3n) is 5.83. The van der Waals surface area contributed by atoms with Crippen molar-refractivity contribution in [3.63, 3.8) is 0 Å². The standard InChI is InChI=1S/C28H33N5O4/c1-28(2,3)37-24(34)18-30-26(35)22-17-31-27(33-16-14-20-7-5-6-8-23(20)33)32-25(22)29-15-13-19-9-11-21(36-4)12-10-19/h5-12,17H,13-16,18H2,1-4H3,(H,30,35)(H,29,31,32). The molecule has 4 rings (SSSR count). The maximum Gasteiger partial charge on any atom is 0.325 e. The molecule has 0 radical (unpaired) electrons. The molecule has 0 atom stereocenters. The quantitative estimate of drug-likeness (QED) is 0.424. The van der Waals surface area contributed by atoms with Crippen LogP contribution in [0.3, 0.4) is 0 Å². The predicted molar refractivity (Wildman–Crippen MR) is 143 cm³/mol. The number of fused-ring (bicyclic) bond motifs is 1. The molecule has 0 saturated carbocycles. The molecule has 37 heavy (non-hydrogen) atoms. The first kappa shape index (κ1) is 25.9. The number of aromatic nitrogens is 2. The lowest BCUT2D eigenvalue weighted by Crippen LogP contribution is -2.35. The lowest BCUT2D eigenvalue weighted by molar-refractivity contribution is -0.153. The first-order chi connectivity index (χ1) is 17.7. The fourth-order valence-electron chi connectivity index (χ4n) is 4.09. The molecule has 1 aromatic heterocycles. The molecule has 0 bridgehead atoms. The summed E-state index contributed by atoms with van der Waals surface area (Å²) in [7, 11) is 1.64. The molecule has 0 spiro atoms. The highest BCUT2D eigenvalue weighted by Crippen LogP contribution is 2.33. The number of nitrogens with one attached hydrogen (secondary N) is 2. The maximum atomic E-state index is 13.0. The SMILES string of the molecule is COc1ccc(CCNc2nc(N3CCc4ccccc43)ncc2C(=O)NCC(=O)OC(C)(C)C)cc1. The summed E-state index contributed by atoms with van der Waals surface area (Å²) < 4.78 is 10.5. The third kappa shape index (κ3) is 6.75. The fourth-order valence-corrected chi connectivity index (χ4v) is 4.09. The Labute approximate surface area is 217 Å². The fraction of sp³-hybridized carbons (Fsp3) is 0.357. The van der Waals surface area contributed by atoms with Gasteiger partial charge in [-0.15, -0.1) is 0 Å². The first-order valence-corrected chi connectivity index (χ1v) is 12.3. The molecular formula is C28H33N5O4. The highest BCUT2D eigenvalue weighted by atomic mass is 16.6. The number of methoxy groups -OCH3 is 1. The van der Waals surface area contributed by atoms with Gasteiger partial charge in [-0.2, -0.15) is 4.98 Å². The molecule has 1 amide bonds. The molecule has 1 aliphatic heterocycles. The highest BCUT2D eigenvalue weighted by molar-refractivity contribution is 6.00. The molecule has 9 heteroatoms. The highest BCUT2D eigenvalue weighted by Gasteiger charge is 2.24. The largest absolute Gasteiger partial charge is 0.497 e. The van der Waals surface area contributed by atoms with Gasteiger partial charge in [0.1, 0.15) is 29.3 Å². The Morgan fingerprint density at radius 2 is 1.84 bits per heavy atom. The van der Waals surface area contributed by atoms with Gasteiger partial charge in [-0.1, -0.05) is 30.3 Å². The second kappa shape index (κ2) is 11.3. The van der Waals surface area contributed by atoms with Crippen molar-refractivity contribution in [2.45, 2.75) is 39.2 Å². The molecule has 2 aromatic carbocycles. The summed E-state index contributed by atoms with van der Waals surface area (Å²) in [5, 5.41) is 5.93. The van der Waals surface area contributed by atoms with Crippen LogP contribution in [0.25, 0.3) is 0 Å². The average Bonchev–Trinajstić information content (AvgIpc) is 3.31. The number of para-hydroxylation sites is 1. The molecule has 0 saturated heterocycles. The van der Waals surface area contributed by atoms with Crippen molar-refractivity contribution in [1.82, 2.24) is 15.3 Å². The van der Waals surface area contributed by atoms with Gasteiger partial charge in [0.25, 0.3) is 5.91 Å². The number of hydrogen-bond donors (Lipinski definition) is 2. The summed E-state index contributed by atoms with van der Waals surface area (Å²) in [5.74, 6) is 0.754. The van der Waals surface area contributed by atoms with Gasteiger partial charge in [-0.05, 0) is 62.9 Å². The topological polar surface area (TPSA) is 106 Å². The van der Waals surface area contributed by atoms with Crippen molar-refractivity contribution in [1.29, 1.82) is 0 Å². The molecule has 194 valence electrons. The first-order valence-electron chi connectivity index (χ1n) is 12.3. The summed E-state index contributed by atoms with van der Waals surface area (Å²) in [4.78, 5) is 36.4. The number of anilines is 3. The average molecular weight is 504 g/mol. The zero-order valence-corrected chi connectivity index (χ0v) is 21.7. The minimum absolute atomic E-state index is 0.247. The Balaban J connectivity index is 1.51. The van der Waals surface area contributed by atoms with Crippen LogP contribution in [0.5, 0.6) is 5.75 Å². The predicted octanol–water partition coefficient (Wildman–Crippen LogP) is 3.91. The zero-order valence-electron chi connectivity index (χ0n) is 21.7. The molecule has 9 nitrogen and oxygen atoms in total. The summed E-state index contributed by atoms with van der Waals surface area (Å²) in [6, 6.07) is 16.0. The van der Waals surface area contributed by atoms with Crippen LogP contribution in [0, 0.1) is 0 Å². The van der Waals surface area contributed by atoms with E-state index in [0.29, 0.717) is 18.3 Å². The van der Waals surface area contributed by atoms with Gasteiger partial charge in [0.2, 0.25) is 5.95 Å². The van der Waals surface area contributed by atoms with Gasteiger partial charge < -0.3 is 25.0 Å². The van der Waals surface area contributed by atoms with Crippen molar-refractivity contribution < 1.29 is 19.1 Å². The Hall–Kier alpha value is -4.14. The third-order valence-corrected chi connectivity index (χ3v) is 5.83. The van der Waals surface area contributed by atoms with Gasteiger partial charge in [0.05, 0.1) is 7.11 Å². The maximum absolute atomic E-state index is 13.0. The number of rotatable bonds is 9. The van der Waals surface area contributed by atoms with Crippen LogP contribution < -0.4 is 20.3 Å². The van der Waals surface area contributed by atoms with E-state index in [4.69, 9.17) is 14.5 Å². The minimum atomic E-state index is -0.632. The zero-order chi connectivity index (χ0) is 26.4.